The second-order valence-electron chi connectivity index (χ2n) is 6.38. The van der Waals surface area contributed by atoms with Crippen LogP contribution in [-0.2, 0) is 9.59 Å². The highest BCUT2D eigenvalue weighted by atomic mass is 32.2. The average Bonchev–Trinajstić information content (AvgIpc) is 2.42. The summed E-state index contributed by atoms with van der Waals surface area (Å²) in [5.74, 6) is 2.31. The number of amides is 1. The highest BCUT2D eigenvalue weighted by Crippen LogP contribution is 2.33. The Hall–Kier alpha value is -0.710. The highest BCUT2D eigenvalue weighted by molar-refractivity contribution is 7.99. The first kappa shape index (κ1) is 15.7. The number of hydrogen-bond acceptors (Lipinski definition) is 3. The van der Waals surface area contributed by atoms with Gasteiger partial charge in [-0.05, 0) is 61.9 Å². The summed E-state index contributed by atoms with van der Waals surface area (Å²) < 4.78 is 0. The molecule has 1 amide bonds. The molecule has 2 fully saturated rings. The number of aliphatic carboxylic acids is 1. The van der Waals surface area contributed by atoms with Gasteiger partial charge in [-0.15, -0.1) is 0 Å². The molecule has 0 aromatic carbocycles. The molecule has 0 spiro atoms. The standard InChI is InChI=1S/C15H25NO3S/c1-11-2-6-15(7-3-11,14(18)19)16-13(17)10-12-4-8-20-9-5-12/h11-12H,2-10H2,1H3,(H,16,17)(H,18,19). The largest absolute Gasteiger partial charge is 0.480 e. The molecule has 114 valence electrons. The molecule has 1 heterocycles. The van der Waals surface area contributed by atoms with Gasteiger partial charge in [0.25, 0.3) is 0 Å². The minimum atomic E-state index is -1.01. The van der Waals surface area contributed by atoms with E-state index in [0.29, 0.717) is 31.1 Å². The van der Waals surface area contributed by atoms with Crippen LogP contribution in [0.4, 0.5) is 0 Å². The summed E-state index contributed by atoms with van der Waals surface area (Å²) >= 11 is 1.94. The molecule has 0 radical (unpaired) electrons. The van der Waals surface area contributed by atoms with Crippen LogP contribution in [0.5, 0.6) is 0 Å². The molecule has 0 bridgehead atoms. The van der Waals surface area contributed by atoms with Gasteiger partial charge < -0.3 is 10.4 Å². The Balaban J connectivity index is 1.90. The summed E-state index contributed by atoms with van der Waals surface area (Å²) in [5.41, 5.74) is -1.01. The molecular formula is C15H25NO3S. The maximum atomic E-state index is 12.2. The van der Waals surface area contributed by atoms with Crippen molar-refractivity contribution in [3.63, 3.8) is 0 Å². The van der Waals surface area contributed by atoms with Gasteiger partial charge in [-0.2, -0.15) is 11.8 Å². The van der Waals surface area contributed by atoms with Crippen LogP contribution >= 0.6 is 11.8 Å². The molecule has 0 atom stereocenters. The minimum Gasteiger partial charge on any atom is -0.480 e. The molecule has 2 aliphatic rings. The van der Waals surface area contributed by atoms with Gasteiger partial charge >= 0.3 is 5.97 Å². The van der Waals surface area contributed by atoms with Gasteiger partial charge in [-0.25, -0.2) is 4.79 Å². The zero-order valence-corrected chi connectivity index (χ0v) is 13.0. The predicted molar refractivity (Wildman–Crippen MR) is 80.8 cm³/mol. The quantitative estimate of drug-likeness (QED) is 0.837. The molecule has 1 saturated heterocycles. The fourth-order valence-corrected chi connectivity index (χ4v) is 4.38. The summed E-state index contributed by atoms with van der Waals surface area (Å²) in [6.45, 7) is 2.15. The number of carbonyl (C=O) groups is 2. The summed E-state index contributed by atoms with van der Waals surface area (Å²) in [4.78, 5) is 23.8. The van der Waals surface area contributed by atoms with Crippen molar-refractivity contribution in [1.82, 2.24) is 5.32 Å². The summed E-state index contributed by atoms with van der Waals surface area (Å²) in [6.07, 6.45) is 5.54. The van der Waals surface area contributed by atoms with Crippen molar-refractivity contribution < 1.29 is 14.7 Å². The Morgan fingerprint density at radius 3 is 2.35 bits per heavy atom. The average molecular weight is 299 g/mol. The van der Waals surface area contributed by atoms with Crippen LogP contribution in [0.2, 0.25) is 0 Å². The van der Waals surface area contributed by atoms with E-state index in [4.69, 9.17) is 0 Å². The van der Waals surface area contributed by atoms with Crippen molar-refractivity contribution in [3.8, 4) is 0 Å². The fraction of sp³-hybridized carbons (Fsp3) is 0.867. The zero-order valence-electron chi connectivity index (χ0n) is 12.2. The molecular weight excluding hydrogens is 274 g/mol. The molecule has 1 aliphatic heterocycles. The highest BCUT2D eigenvalue weighted by Gasteiger charge is 2.42. The van der Waals surface area contributed by atoms with Crippen molar-refractivity contribution >= 4 is 23.6 Å². The van der Waals surface area contributed by atoms with Gasteiger partial charge in [-0.3, -0.25) is 4.79 Å². The minimum absolute atomic E-state index is 0.0705. The van der Waals surface area contributed by atoms with Crippen molar-refractivity contribution in [2.45, 2.75) is 57.4 Å². The second kappa shape index (κ2) is 6.83. The Morgan fingerprint density at radius 2 is 1.80 bits per heavy atom. The van der Waals surface area contributed by atoms with Gasteiger partial charge in [-0.1, -0.05) is 6.92 Å². The first-order valence-corrected chi connectivity index (χ1v) is 8.79. The van der Waals surface area contributed by atoms with Crippen LogP contribution in [0.3, 0.4) is 0 Å². The number of carboxylic acids is 1. The Labute approximate surface area is 125 Å². The lowest BCUT2D eigenvalue weighted by Crippen LogP contribution is -2.56. The van der Waals surface area contributed by atoms with Crippen LogP contribution in [0.15, 0.2) is 0 Å². The lowest BCUT2D eigenvalue weighted by molar-refractivity contribution is -0.149. The van der Waals surface area contributed by atoms with Crippen LogP contribution in [0.1, 0.15) is 51.9 Å². The van der Waals surface area contributed by atoms with Crippen molar-refractivity contribution in [2.24, 2.45) is 11.8 Å². The van der Waals surface area contributed by atoms with E-state index in [9.17, 15) is 14.7 Å². The third kappa shape index (κ3) is 3.90. The van der Waals surface area contributed by atoms with Crippen molar-refractivity contribution in [3.05, 3.63) is 0 Å². The van der Waals surface area contributed by atoms with E-state index in [0.717, 1.165) is 37.2 Å². The van der Waals surface area contributed by atoms with E-state index in [1.165, 1.54) is 0 Å². The molecule has 1 aliphatic carbocycles. The molecule has 0 aromatic heterocycles. The number of nitrogens with one attached hydrogen (secondary N) is 1. The molecule has 1 saturated carbocycles. The predicted octanol–water partition coefficient (Wildman–Crippen LogP) is 2.67. The summed E-state index contributed by atoms with van der Waals surface area (Å²) in [6, 6.07) is 0. The number of thioether (sulfide) groups is 1. The van der Waals surface area contributed by atoms with E-state index in [-0.39, 0.29) is 5.91 Å². The van der Waals surface area contributed by atoms with Gasteiger partial charge in [0.05, 0.1) is 0 Å². The van der Waals surface area contributed by atoms with E-state index >= 15 is 0 Å². The Bertz CT molecular complexity index is 358. The fourth-order valence-electron chi connectivity index (χ4n) is 3.18. The number of carboxylic acid groups (broad SMARTS) is 1. The van der Waals surface area contributed by atoms with Crippen LogP contribution in [0, 0.1) is 11.8 Å². The van der Waals surface area contributed by atoms with E-state index in [1.807, 2.05) is 11.8 Å². The monoisotopic (exact) mass is 299 g/mol. The second-order valence-corrected chi connectivity index (χ2v) is 7.60. The lowest BCUT2D eigenvalue weighted by atomic mass is 9.77. The molecule has 2 N–H and O–H groups in total. The number of hydrogen-bond donors (Lipinski definition) is 2. The zero-order chi connectivity index (χ0) is 14.6. The van der Waals surface area contributed by atoms with Crippen LogP contribution in [0.25, 0.3) is 0 Å². The Kier molecular flexibility index (Phi) is 5.35. The lowest BCUT2D eigenvalue weighted by Gasteiger charge is -2.37. The molecule has 0 aromatic rings. The number of carbonyl (C=O) groups excluding carboxylic acids is 1. The van der Waals surface area contributed by atoms with Gasteiger partial charge in [0.1, 0.15) is 5.54 Å². The molecule has 2 rings (SSSR count). The third-order valence-electron chi connectivity index (χ3n) is 4.73. The summed E-state index contributed by atoms with van der Waals surface area (Å²) in [5, 5.41) is 12.4. The smallest absolute Gasteiger partial charge is 0.329 e. The maximum absolute atomic E-state index is 12.2. The first-order valence-electron chi connectivity index (χ1n) is 7.64. The van der Waals surface area contributed by atoms with Gasteiger partial charge in [0, 0.05) is 6.42 Å². The number of rotatable bonds is 4. The molecule has 5 heteroatoms. The SMILES string of the molecule is CC1CCC(NC(=O)CC2CCSCC2)(C(=O)O)CC1. The first-order chi connectivity index (χ1) is 9.52. The van der Waals surface area contributed by atoms with E-state index < -0.39 is 11.5 Å². The Morgan fingerprint density at radius 1 is 1.20 bits per heavy atom. The van der Waals surface area contributed by atoms with E-state index in [2.05, 4.69) is 12.2 Å². The molecule has 4 nitrogen and oxygen atoms in total. The van der Waals surface area contributed by atoms with Gasteiger partial charge in [0.2, 0.25) is 5.91 Å². The van der Waals surface area contributed by atoms with Crippen molar-refractivity contribution in [1.29, 1.82) is 0 Å². The molecule has 0 unspecified atom stereocenters. The van der Waals surface area contributed by atoms with Gasteiger partial charge in [0.15, 0.2) is 0 Å². The third-order valence-corrected chi connectivity index (χ3v) is 5.78. The molecule has 20 heavy (non-hydrogen) atoms. The van der Waals surface area contributed by atoms with E-state index in [1.54, 1.807) is 0 Å². The van der Waals surface area contributed by atoms with Crippen LogP contribution in [-0.4, -0.2) is 34.0 Å². The van der Waals surface area contributed by atoms with Crippen LogP contribution < -0.4 is 5.32 Å². The summed E-state index contributed by atoms with van der Waals surface area (Å²) in [7, 11) is 0. The maximum Gasteiger partial charge on any atom is 0.329 e. The topological polar surface area (TPSA) is 66.4 Å². The normalized spacial score (nSPS) is 31.8. The van der Waals surface area contributed by atoms with Crippen molar-refractivity contribution in [2.75, 3.05) is 11.5 Å².